The third kappa shape index (κ3) is 6.87. The van der Waals surface area contributed by atoms with Gasteiger partial charge >= 0.3 is 0 Å². The van der Waals surface area contributed by atoms with E-state index in [4.69, 9.17) is 0 Å². The van der Waals surface area contributed by atoms with Crippen molar-refractivity contribution in [1.29, 1.82) is 0 Å². The molecular formula is C53H52N2. The van der Waals surface area contributed by atoms with Crippen LogP contribution in [-0.2, 0) is 0 Å². The standard InChI is InChI=1S/C53H52N2/c1-34(2)39-17-26-44(27-18-39)54(42-22-13-37(7)14-23-42)52-32-50-47-30-21-41(36(5)6)31-51(47)53(33-49(50)46-11-9-10-12-48(46)52)55(43-24-15-38(8)16-25-43)45-28-19-40(20-29-45)35(3)4/h9-36H,1-8H3. The minimum absolute atomic E-state index is 0.393. The second kappa shape index (κ2) is 14.8. The van der Waals surface area contributed by atoms with Gasteiger partial charge in [0.25, 0.3) is 0 Å². The molecule has 0 saturated heterocycles. The lowest BCUT2D eigenvalue weighted by Gasteiger charge is -2.30. The second-order valence-electron chi connectivity index (χ2n) is 16.2. The predicted molar refractivity (Wildman–Crippen MR) is 240 cm³/mol. The maximum absolute atomic E-state index is 2.47. The third-order valence-corrected chi connectivity index (χ3v) is 11.3. The molecule has 274 valence electrons. The van der Waals surface area contributed by atoms with Crippen LogP contribution in [0.1, 0.15) is 87.1 Å². The quantitative estimate of drug-likeness (QED) is 0.137. The van der Waals surface area contributed by atoms with Gasteiger partial charge in [-0.2, -0.15) is 0 Å². The normalized spacial score (nSPS) is 11.8. The van der Waals surface area contributed by atoms with Crippen LogP contribution < -0.4 is 9.80 Å². The van der Waals surface area contributed by atoms with Crippen LogP contribution in [-0.4, -0.2) is 0 Å². The Bertz CT molecular complexity index is 2610. The van der Waals surface area contributed by atoms with Crippen molar-refractivity contribution in [3.8, 4) is 0 Å². The first-order chi connectivity index (χ1) is 26.6. The average Bonchev–Trinajstić information content (AvgIpc) is 3.20. The SMILES string of the molecule is Cc1ccc(N(c2ccc(C(C)C)cc2)c2cc3c4ccc(C(C)C)cc4c(N(c4ccc(C)cc4)c4ccc(C(C)C)cc4)cc3c3ccccc23)cc1. The highest BCUT2D eigenvalue weighted by Gasteiger charge is 2.23. The maximum Gasteiger partial charge on any atom is 0.0546 e. The Balaban J connectivity index is 1.46. The number of hydrogen-bond donors (Lipinski definition) is 0. The predicted octanol–water partition coefficient (Wildman–Crippen LogP) is 16.1. The van der Waals surface area contributed by atoms with Crippen LogP contribution in [0.3, 0.4) is 0 Å². The molecule has 0 bridgehead atoms. The van der Waals surface area contributed by atoms with Crippen molar-refractivity contribution in [1.82, 2.24) is 0 Å². The zero-order chi connectivity index (χ0) is 38.4. The van der Waals surface area contributed by atoms with Crippen LogP contribution in [0, 0.1) is 13.8 Å². The summed E-state index contributed by atoms with van der Waals surface area (Å²) in [5, 5.41) is 7.44. The summed E-state index contributed by atoms with van der Waals surface area (Å²) in [7, 11) is 0. The van der Waals surface area contributed by atoms with Crippen molar-refractivity contribution < 1.29 is 0 Å². The van der Waals surface area contributed by atoms with Crippen LogP contribution in [0.5, 0.6) is 0 Å². The molecule has 8 rings (SSSR count). The van der Waals surface area contributed by atoms with E-state index in [2.05, 4.69) is 217 Å². The minimum Gasteiger partial charge on any atom is -0.310 e. The van der Waals surface area contributed by atoms with Crippen LogP contribution in [0.15, 0.2) is 152 Å². The van der Waals surface area contributed by atoms with E-state index in [0.717, 1.165) is 22.7 Å². The molecule has 0 aliphatic rings. The first-order valence-corrected chi connectivity index (χ1v) is 19.9. The van der Waals surface area contributed by atoms with E-state index in [1.807, 2.05) is 0 Å². The third-order valence-electron chi connectivity index (χ3n) is 11.3. The summed E-state index contributed by atoms with van der Waals surface area (Å²) in [4.78, 5) is 4.91. The molecule has 0 aromatic heterocycles. The average molecular weight is 717 g/mol. The molecule has 0 aliphatic heterocycles. The fourth-order valence-electron chi connectivity index (χ4n) is 7.97. The first kappa shape index (κ1) is 36.1. The number of rotatable bonds is 9. The summed E-state index contributed by atoms with van der Waals surface area (Å²) >= 11 is 0. The zero-order valence-electron chi connectivity index (χ0n) is 33.6. The minimum atomic E-state index is 0.393. The molecule has 8 aromatic carbocycles. The van der Waals surface area contributed by atoms with Crippen molar-refractivity contribution in [2.24, 2.45) is 0 Å². The van der Waals surface area contributed by atoms with E-state index < -0.39 is 0 Å². The van der Waals surface area contributed by atoms with Crippen LogP contribution in [0.4, 0.5) is 34.1 Å². The topological polar surface area (TPSA) is 6.48 Å². The molecule has 55 heavy (non-hydrogen) atoms. The van der Waals surface area contributed by atoms with Gasteiger partial charge in [-0.25, -0.2) is 0 Å². The van der Waals surface area contributed by atoms with Crippen molar-refractivity contribution in [2.75, 3.05) is 9.80 Å². The van der Waals surface area contributed by atoms with Crippen molar-refractivity contribution in [3.63, 3.8) is 0 Å². The monoisotopic (exact) mass is 716 g/mol. The zero-order valence-corrected chi connectivity index (χ0v) is 33.6. The highest BCUT2D eigenvalue weighted by molar-refractivity contribution is 6.24. The molecule has 0 radical (unpaired) electrons. The Morgan fingerprint density at radius 3 is 1.07 bits per heavy atom. The molecule has 0 atom stereocenters. The summed E-state index contributed by atoms with van der Waals surface area (Å²) in [6.07, 6.45) is 0. The lowest BCUT2D eigenvalue weighted by molar-refractivity contribution is 0.866. The number of fused-ring (bicyclic) bond motifs is 5. The Hall–Kier alpha value is -5.86. The first-order valence-electron chi connectivity index (χ1n) is 19.9. The number of anilines is 6. The number of benzene rings is 8. The van der Waals surface area contributed by atoms with Gasteiger partial charge in [-0.1, -0.05) is 138 Å². The van der Waals surface area contributed by atoms with Gasteiger partial charge < -0.3 is 9.80 Å². The molecule has 0 saturated carbocycles. The van der Waals surface area contributed by atoms with Crippen LogP contribution >= 0.6 is 0 Å². The van der Waals surface area contributed by atoms with Gasteiger partial charge in [-0.05, 0) is 137 Å². The summed E-state index contributed by atoms with van der Waals surface area (Å²) in [5.41, 5.74) is 13.5. The number of nitrogens with zero attached hydrogens (tertiary/aromatic N) is 2. The van der Waals surface area contributed by atoms with E-state index in [9.17, 15) is 0 Å². The Labute approximate surface area is 327 Å². The molecule has 0 unspecified atom stereocenters. The molecule has 8 aromatic rings. The number of aryl methyl sites for hydroxylation is 2. The van der Waals surface area contributed by atoms with Crippen molar-refractivity contribution >= 4 is 66.4 Å². The Kier molecular flexibility index (Phi) is 9.70. The van der Waals surface area contributed by atoms with Gasteiger partial charge in [-0.15, -0.1) is 0 Å². The molecule has 0 aliphatic carbocycles. The summed E-state index contributed by atoms with van der Waals surface area (Å²) in [5.74, 6) is 1.32. The van der Waals surface area contributed by atoms with Crippen LogP contribution in [0.25, 0.3) is 32.3 Å². The maximum atomic E-state index is 2.47. The van der Waals surface area contributed by atoms with E-state index in [0.29, 0.717) is 17.8 Å². The molecular weight excluding hydrogens is 665 g/mol. The number of hydrogen-bond acceptors (Lipinski definition) is 2. The summed E-state index contributed by atoms with van der Waals surface area (Å²) < 4.78 is 0. The molecule has 2 heteroatoms. The van der Waals surface area contributed by atoms with Gasteiger partial charge in [0.1, 0.15) is 0 Å². The molecule has 2 nitrogen and oxygen atoms in total. The lowest BCUT2D eigenvalue weighted by Crippen LogP contribution is -2.12. The summed E-state index contributed by atoms with van der Waals surface area (Å²) in [6.45, 7) is 17.9. The fourth-order valence-corrected chi connectivity index (χ4v) is 7.97. The van der Waals surface area contributed by atoms with E-state index >= 15 is 0 Å². The highest BCUT2D eigenvalue weighted by atomic mass is 15.1. The largest absolute Gasteiger partial charge is 0.310 e. The van der Waals surface area contributed by atoms with Gasteiger partial charge in [0, 0.05) is 33.5 Å². The molecule has 0 heterocycles. The Morgan fingerprint density at radius 1 is 0.309 bits per heavy atom. The van der Waals surface area contributed by atoms with Gasteiger partial charge in [0.15, 0.2) is 0 Å². The molecule has 0 N–H and O–H groups in total. The molecule has 0 fully saturated rings. The smallest absolute Gasteiger partial charge is 0.0546 e. The van der Waals surface area contributed by atoms with E-state index in [1.165, 1.54) is 71.5 Å². The second-order valence-corrected chi connectivity index (χ2v) is 16.2. The van der Waals surface area contributed by atoms with Gasteiger partial charge in [0.05, 0.1) is 11.4 Å². The van der Waals surface area contributed by atoms with E-state index in [-0.39, 0.29) is 0 Å². The highest BCUT2D eigenvalue weighted by Crippen LogP contribution is 2.48. The van der Waals surface area contributed by atoms with Crippen molar-refractivity contribution in [3.05, 3.63) is 179 Å². The lowest BCUT2D eigenvalue weighted by atomic mass is 9.91. The van der Waals surface area contributed by atoms with Gasteiger partial charge in [0.2, 0.25) is 0 Å². The van der Waals surface area contributed by atoms with Crippen LogP contribution in [0.2, 0.25) is 0 Å². The van der Waals surface area contributed by atoms with Gasteiger partial charge in [-0.3, -0.25) is 0 Å². The molecule has 0 amide bonds. The fraction of sp³-hybridized carbons (Fsp3) is 0.208. The molecule has 0 spiro atoms. The summed E-state index contributed by atoms with van der Waals surface area (Å²) in [6, 6.07) is 57.3. The van der Waals surface area contributed by atoms with Crippen molar-refractivity contribution in [2.45, 2.75) is 73.1 Å². The van der Waals surface area contributed by atoms with E-state index in [1.54, 1.807) is 0 Å². The Morgan fingerprint density at radius 2 is 0.655 bits per heavy atom.